The Morgan fingerprint density at radius 1 is 1.14 bits per heavy atom. The number of benzene rings is 2. The minimum atomic E-state index is -1.97. The summed E-state index contributed by atoms with van der Waals surface area (Å²) in [5.74, 6) is 0.192. The molecule has 2 unspecified atom stereocenters. The van der Waals surface area contributed by atoms with Crippen molar-refractivity contribution in [1.82, 2.24) is 9.88 Å². The summed E-state index contributed by atoms with van der Waals surface area (Å²) in [6.07, 6.45) is -0.116. The number of nitrogens with zero attached hydrogens (tertiary/aromatic N) is 3. The topological polar surface area (TPSA) is 65.9 Å². The third-order valence-electron chi connectivity index (χ3n) is 6.82. The minimum Gasteiger partial charge on any atom is -0.395 e. The molecule has 1 saturated heterocycles. The van der Waals surface area contributed by atoms with Gasteiger partial charge in [0.15, 0.2) is 5.13 Å². The van der Waals surface area contributed by atoms with Crippen LogP contribution in [0.5, 0.6) is 0 Å². The van der Waals surface area contributed by atoms with Crippen LogP contribution in [-0.4, -0.2) is 61.9 Å². The van der Waals surface area contributed by atoms with Crippen LogP contribution < -0.4 is 15.3 Å². The fraction of sp³-hybridized carbons (Fsp3) is 0.429. The molecule has 6 nitrogen and oxygen atoms in total. The second-order valence-electron chi connectivity index (χ2n) is 10.7. The molecule has 1 amide bonds. The highest BCUT2D eigenvalue weighted by Gasteiger charge is 2.48. The first-order valence-corrected chi connectivity index (χ1v) is 15.1. The van der Waals surface area contributed by atoms with E-state index >= 15 is 0 Å². The normalized spacial score (nSPS) is 17.9. The van der Waals surface area contributed by atoms with Crippen molar-refractivity contribution in [3.05, 3.63) is 71.7 Å². The zero-order valence-corrected chi connectivity index (χ0v) is 23.8. The van der Waals surface area contributed by atoms with E-state index in [9.17, 15) is 9.90 Å². The molecule has 1 aliphatic rings. The largest absolute Gasteiger partial charge is 0.395 e. The van der Waals surface area contributed by atoms with Crippen LogP contribution in [0.3, 0.4) is 0 Å². The van der Waals surface area contributed by atoms with Crippen LogP contribution in [-0.2, 0) is 4.43 Å². The Morgan fingerprint density at radius 3 is 2.22 bits per heavy atom. The number of aliphatic hydroxyl groups excluding tert-OH is 1. The average molecular weight is 524 g/mol. The van der Waals surface area contributed by atoms with Gasteiger partial charge in [-0.15, -0.1) is 11.3 Å². The van der Waals surface area contributed by atoms with Gasteiger partial charge in [-0.05, 0) is 29.6 Å². The number of anilines is 1. The van der Waals surface area contributed by atoms with E-state index in [1.165, 1.54) is 21.7 Å². The van der Waals surface area contributed by atoms with E-state index in [-0.39, 0.29) is 30.2 Å². The zero-order valence-electron chi connectivity index (χ0n) is 21.8. The molecule has 1 N–H and O–H groups in total. The summed E-state index contributed by atoms with van der Waals surface area (Å²) < 4.78 is 7.06. The van der Waals surface area contributed by atoms with E-state index in [1.807, 2.05) is 31.4 Å². The lowest BCUT2D eigenvalue weighted by Crippen LogP contribution is -2.65. The second kappa shape index (κ2) is 11.3. The van der Waals surface area contributed by atoms with E-state index in [1.54, 1.807) is 4.90 Å². The van der Waals surface area contributed by atoms with Crippen molar-refractivity contribution in [1.29, 1.82) is 0 Å². The Bertz CT molecular complexity index is 1090. The van der Waals surface area contributed by atoms with Gasteiger partial charge in [-0.2, -0.15) is 0 Å². The Morgan fingerprint density at radius 2 is 1.72 bits per heavy atom. The SMILES string of the molecule is CC(C)N(CCO)C(=O)c1csc(N2CC(C(C)(C)C)C2O[SiH](c2ccccc2)c2ccccc2)n1. The zero-order chi connectivity index (χ0) is 25.9. The van der Waals surface area contributed by atoms with Crippen LogP contribution in [0.1, 0.15) is 45.1 Å². The number of hydrogen-bond donors (Lipinski definition) is 1. The molecule has 1 fully saturated rings. The Kier molecular flexibility index (Phi) is 8.29. The molecule has 2 heterocycles. The van der Waals surface area contributed by atoms with Crippen molar-refractivity contribution in [2.45, 2.75) is 46.9 Å². The minimum absolute atomic E-state index is 0.0105. The van der Waals surface area contributed by atoms with Crippen molar-refractivity contribution in [2.75, 3.05) is 24.6 Å². The fourth-order valence-electron chi connectivity index (χ4n) is 4.63. The van der Waals surface area contributed by atoms with Crippen molar-refractivity contribution in [3.8, 4) is 0 Å². The van der Waals surface area contributed by atoms with Gasteiger partial charge >= 0.3 is 0 Å². The number of hydrogen-bond acceptors (Lipinski definition) is 6. The van der Waals surface area contributed by atoms with E-state index in [0.717, 1.165) is 11.7 Å². The first-order chi connectivity index (χ1) is 17.2. The van der Waals surface area contributed by atoms with Gasteiger partial charge < -0.3 is 19.3 Å². The summed E-state index contributed by atoms with van der Waals surface area (Å²) in [7, 11) is -1.97. The molecule has 0 radical (unpaired) electrons. The van der Waals surface area contributed by atoms with Crippen molar-refractivity contribution >= 4 is 41.8 Å². The average Bonchev–Trinajstić information content (AvgIpc) is 3.31. The van der Waals surface area contributed by atoms with Gasteiger partial charge in [0.25, 0.3) is 5.91 Å². The third kappa shape index (κ3) is 5.72. The maximum Gasteiger partial charge on any atom is 0.273 e. The smallest absolute Gasteiger partial charge is 0.273 e. The lowest BCUT2D eigenvalue weighted by atomic mass is 9.74. The molecule has 1 aliphatic heterocycles. The molecule has 0 saturated carbocycles. The van der Waals surface area contributed by atoms with Gasteiger partial charge in [-0.1, -0.05) is 81.4 Å². The lowest BCUT2D eigenvalue weighted by molar-refractivity contribution is 0.00492. The fourth-order valence-corrected chi connectivity index (χ4v) is 7.92. The number of thiazole rings is 1. The van der Waals surface area contributed by atoms with Crippen LogP contribution in [0, 0.1) is 11.3 Å². The standard InChI is InChI=1S/C28H37N3O3SSi/c1-20(2)30(16-17-32)25(33)24-19-35-27(29-24)31-18-23(28(3,4)5)26(31)34-36(21-12-8-6-9-13-21)22-14-10-7-11-15-22/h6-15,19-20,23,26,32,36H,16-18H2,1-5H3. The predicted octanol–water partition coefficient (Wildman–Crippen LogP) is 3.35. The summed E-state index contributed by atoms with van der Waals surface area (Å²) >= 11 is 1.48. The maximum atomic E-state index is 13.1. The summed E-state index contributed by atoms with van der Waals surface area (Å²) in [6.45, 7) is 11.8. The second-order valence-corrected chi connectivity index (χ2v) is 13.9. The third-order valence-corrected chi connectivity index (χ3v) is 10.2. The van der Waals surface area contributed by atoms with Gasteiger partial charge in [0.05, 0.1) is 6.61 Å². The van der Waals surface area contributed by atoms with Gasteiger partial charge in [0, 0.05) is 30.4 Å². The molecule has 1 aromatic heterocycles. The molecule has 0 bridgehead atoms. The molecular formula is C28H37N3O3SSi. The summed E-state index contributed by atoms with van der Waals surface area (Å²) in [5.41, 5.74) is 0.494. The van der Waals surface area contributed by atoms with Crippen molar-refractivity contribution in [2.24, 2.45) is 11.3 Å². The Balaban J connectivity index is 1.63. The molecule has 3 aromatic rings. The van der Waals surface area contributed by atoms with Crippen LogP contribution in [0.2, 0.25) is 0 Å². The highest BCUT2D eigenvalue weighted by Crippen LogP contribution is 2.43. The summed E-state index contributed by atoms with van der Waals surface area (Å²) in [5, 5.41) is 14.5. The number of carbonyl (C=O) groups excluding carboxylic acids is 1. The maximum absolute atomic E-state index is 13.1. The number of carbonyl (C=O) groups is 1. The van der Waals surface area contributed by atoms with Crippen molar-refractivity contribution < 1.29 is 14.3 Å². The van der Waals surface area contributed by atoms with Gasteiger partial charge in [-0.3, -0.25) is 4.79 Å². The van der Waals surface area contributed by atoms with Gasteiger partial charge in [-0.25, -0.2) is 4.98 Å². The quantitative estimate of drug-likeness (QED) is 0.436. The molecule has 36 heavy (non-hydrogen) atoms. The van der Waals surface area contributed by atoms with E-state index in [4.69, 9.17) is 9.41 Å². The Hall–Kier alpha value is -2.52. The van der Waals surface area contributed by atoms with E-state index < -0.39 is 9.04 Å². The van der Waals surface area contributed by atoms with Crippen LogP contribution >= 0.6 is 11.3 Å². The van der Waals surface area contributed by atoms with Gasteiger partial charge in [0.1, 0.15) is 11.9 Å². The summed E-state index contributed by atoms with van der Waals surface area (Å²) in [6, 6.07) is 21.0. The van der Waals surface area contributed by atoms with Crippen LogP contribution in [0.15, 0.2) is 66.0 Å². The summed E-state index contributed by atoms with van der Waals surface area (Å²) in [4.78, 5) is 21.7. The first kappa shape index (κ1) is 26.5. The predicted molar refractivity (Wildman–Crippen MR) is 150 cm³/mol. The molecular weight excluding hydrogens is 486 g/mol. The number of aliphatic hydroxyl groups is 1. The first-order valence-electron chi connectivity index (χ1n) is 12.6. The Labute approximate surface area is 220 Å². The molecule has 4 rings (SSSR count). The number of aromatic nitrogens is 1. The molecule has 8 heteroatoms. The highest BCUT2D eigenvalue weighted by molar-refractivity contribution is 7.14. The van der Waals surface area contributed by atoms with E-state index in [2.05, 4.69) is 74.2 Å². The molecule has 192 valence electrons. The number of amides is 1. The van der Waals surface area contributed by atoms with Crippen molar-refractivity contribution in [3.63, 3.8) is 0 Å². The molecule has 0 spiro atoms. The van der Waals surface area contributed by atoms with Gasteiger partial charge in [0.2, 0.25) is 9.04 Å². The van der Waals surface area contributed by atoms with Crippen LogP contribution in [0.25, 0.3) is 0 Å². The molecule has 2 atom stereocenters. The molecule has 0 aliphatic carbocycles. The highest BCUT2D eigenvalue weighted by atomic mass is 32.1. The van der Waals surface area contributed by atoms with E-state index in [0.29, 0.717) is 18.2 Å². The lowest BCUT2D eigenvalue weighted by Gasteiger charge is -2.54. The number of rotatable bonds is 9. The van der Waals surface area contributed by atoms with Crippen LogP contribution in [0.4, 0.5) is 5.13 Å². The monoisotopic (exact) mass is 523 g/mol. The molecule has 2 aromatic carbocycles.